The second-order valence-electron chi connectivity index (χ2n) is 12.7. The van der Waals surface area contributed by atoms with Crippen molar-refractivity contribution in [3.8, 4) is 0 Å². The Morgan fingerprint density at radius 3 is 1.26 bits per heavy atom. The Kier molecular flexibility index (Phi) is 10.7. The molecule has 50 heavy (non-hydrogen) atoms. The fourth-order valence-corrected chi connectivity index (χ4v) is 6.81. The Bertz CT molecular complexity index is 1580. The summed E-state index contributed by atoms with van der Waals surface area (Å²) in [6.45, 7) is 5.22. The highest BCUT2D eigenvalue weighted by molar-refractivity contribution is 5.92. The Labute approximate surface area is 287 Å². The van der Waals surface area contributed by atoms with Crippen molar-refractivity contribution in [3.63, 3.8) is 0 Å². The molecular formula is C37H38F6N6O. The summed E-state index contributed by atoms with van der Waals surface area (Å²) in [5.74, 6) is -0.964. The van der Waals surface area contributed by atoms with Gasteiger partial charge in [0, 0.05) is 102 Å². The van der Waals surface area contributed by atoms with E-state index >= 15 is 0 Å². The van der Waals surface area contributed by atoms with Crippen LogP contribution in [-0.2, 0) is 17.1 Å². The van der Waals surface area contributed by atoms with Crippen molar-refractivity contribution in [1.29, 1.82) is 0 Å². The number of carbonyl (C=O) groups excluding carboxylic acids is 1. The molecule has 2 unspecified atom stereocenters. The van der Waals surface area contributed by atoms with Gasteiger partial charge in [-0.05, 0) is 71.8 Å². The van der Waals surface area contributed by atoms with Crippen LogP contribution in [0.2, 0.25) is 0 Å². The maximum Gasteiger partial charge on any atom is 0.416 e. The number of Topliss-reactive ketones (excluding diaryl/α,β-unsaturated/α-hetero) is 1. The molecule has 2 saturated heterocycles. The zero-order valence-corrected chi connectivity index (χ0v) is 27.3. The van der Waals surface area contributed by atoms with Crippen LogP contribution in [0.15, 0.2) is 97.6 Å². The first-order chi connectivity index (χ1) is 24.0. The normalized spacial score (nSPS) is 17.8. The number of aromatic nitrogens is 2. The lowest BCUT2D eigenvalue weighted by atomic mass is 9.83. The number of rotatable bonds is 10. The number of nitrogens with zero attached hydrogens (tertiary/aromatic N) is 6. The highest BCUT2D eigenvalue weighted by Crippen LogP contribution is 2.34. The van der Waals surface area contributed by atoms with Crippen molar-refractivity contribution in [2.24, 2.45) is 0 Å². The van der Waals surface area contributed by atoms with Gasteiger partial charge in [-0.25, -0.2) is 0 Å². The number of alkyl halides is 6. The summed E-state index contributed by atoms with van der Waals surface area (Å²) in [6, 6.07) is 18.1. The first-order valence-electron chi connectivity index (χ1n) is 16.6. The van der Waals surface area contributed by atoms with E-state index in [0.717, 1.165) is 23.3 Å². The molecule has 0 N–H and O–H groups in total. The predicted octanol–water partition coefficient (Wildman–Crippen LogP) is 6.60. The molecule has 6 rings (SSSR count). The Balaban J connectivity index is 1.16. The summed E-state index contributed by atoms with van der Waals surface area (Å²) in [6.07, 6.45) is -2.19. The number of hydrogen-bond donors (Lipinski definition) is 0. The van der Waals surface area contributed by atoms with Crippen LogP contribution in [0.25, 0.3) is 0 Å². The van der Waals surface area contributed by atoms with E-state index in [9.17, 15) is 31.1 Å². The quantitative estimate of drug-likeness (QED) is 0.174. The van der Waals surface area contributed by atoms with Gasteiger partial charge in [0.1, 0.15) is 5.78 Å². The Hall–Kier alpha value is -4.49. The number of pyridine rings is 2. The molecule has 4 aromatic rings. The van der Waals surface area contributed by atoms with Crippen LogP contribution in [0.1, 0.15) is 34.1 Å². The monoisotopic (exact) mass is 696 g/mol. The van der Waals surface area contributed by atoms with Crippen LogP contribution in [0, 0.1) is 0 Å². The van der Waals surface area contributed by atoms with E-state index in [0.29, 0.717) is 76.8 Å². The number of benzene rings is 2. The lowest BCUT2D eigenvalue weighted by Crippen LogP contribution is -2.50. The van der Waals surface area contributed by atoms with Gasteiger partial charge < -0.3 is 9.80 Å². The zero-order chi connectivity index (χ0) is 35.3. The fraction of sp³-hybridized carbons (Fsp3) is 0.378. The number of piperazine rings is 2. The van der Waals surface area contributed by atoms with E-state index in [4.69, 9.17) is 0 Å². The van der Waals surface area contributed by atoms with Gasteiger partial charge >= 0.3 is 12.4 Å². The summed E-state index contributed by atoms with van der Waals surface area (Å²) in [7, 11) is 0. The molecule has 13 heteroatoms. The molecule has 2 atom stereocenters. The predicted molar refractivity (Wildman–Crippen MR) is 179 cm³/mol. The molecule has 2 aliphatic rings. The van der Waals surface area contributed by atoms with E-state index in [1.807, 2.05) is 34.1 Å². The average molecular weight is 697 g/mol. The highest BCUT2D eigenvalue weighted by Gasteiger charge is 2.35. The largest absolute Gasteiger partial charge is 0.416 e. The van der Waals surface area contributed by atoms with E-state index in [-0.39, 0.29) is 5.78 Å². The number of anilines is 2. The van der Waals surface area contributed by atoms with Gasteiger partial charge in [0.2, 0.25) is 0 Å². The molecule has 0 bridgehead atoms. The maximum absolute atomic E-state index is 14.7. The van der Waals surface area contributed by atoms with Crippen LogP contribution >= 0.6 is 0 Å². The number of ketones is 1. The van der Waals surface area contributed by atoms with E-state index in [1.165, 1.54) is 24.3 Å². The van der Waals surface area contributed by atoms with Gasteiger partial charge in [0.25, 0.3) is 0 Å². The molecule has 2 aromatic heterocycles. The topological polar surface area (TPSA) is 55.8 Å². The molecule has 0 aliphatic carbocycles. The van der Waals surface area contributed by atoms with E-state index < -0.39 is 35.3 Å². The molecule has 7 nitrogen and oxygen atoms in total. The third-order valence-electron chi connectivity index (χ3n) is 9.61. The first-order valence-corrected chi connectivity index (χ1v) is 16.6. The van der Waals surface area contributed by atoms with Crippen molar-refractivity contribution in [3.05, 3.63) is 120 Å². The number of carbonyl (C=O) groups is 1. The summed E-state index contributed by atoms with van der Waals surface area (Å²) >= 11 is 0. The van der Waals surface area contributed by atoms with Crippen LogP contribution in [0.3, 0.4) is 0 Å². The minimum atomic E-state index is -4.42. The average Bonchev–Trinajstić information content (AvgIpc) is 3.13. The third-order valence-corrected chi connectivity index (χ3v) is 9.61. The van der Waals surface area contributed by atoms with Gasteiger partial charge in [-0.3, -0.25) is 24.6 Å². The summed E-state index contributed by atoms with van der Waals surface area (Å²) in [5, 5.41) is 0. The van der Waals surface area contributed by atoms with Crippen molar-refractivity contribution in [1.82, 2.24) is 19.8 Å². The molecule has 264 valence electrons. The molecule has 2 aromatic carbocycles. The number of halogens is 6. The van der Waals surface area contributed by atoms with Gasteiger partial charge in [-0.1, -0.05) is 12.1 Å². The SMILES string of the molecule is O=C(C(CN1CCN(c2cccc(C(F)(F)F)c2)CC1)c1ccncc1)C(CN1CCN(c2cccc(C(F)(F)F)c2)CC1)c1ccncc1. The molecule has 4 heterocycles. The number of hydrogen-bond acceptors (Lipinski definition) is 7. The van der Waals surface area contributed by atoms with Crippen molar-refractivity contribution < 1.29 is 31.1 Å². The van der Waals surface area contributed by atoms with Crippen LogP contribution in [0.5, 0.6) is 0 Å². The minimum Gasteiger partial charge on any atom is -0.369 e. The Morgan fingerprint density at radius 1 is 0.560 bits per heavy atom. The molecular weight excluding hydrogens is 658 g/mol. The second kappa shape index (κ2) is 15.2. The minimum absolute atomic E-state index is 0.0306. The second-order valence-corrected chi connectivity index (χ2v) is 12.7. The van der Waals surface area contributed by atoms with Gasteiger partial charge in [-0.2, -0.15) is 26.3 Å². The first kappa shape index (κ1) is 35.3. The summed E-state index contributed by atoms with van der Waals surface area (Å²) in [5.41, 5.74) is 1.34. The lowest BCUT2D eigenvalue weighted by Gasteiger charge is -2.39. The molecule has 0 amide bonds. The standard InChI is InChI=1S/C37H38F6N6O/c38-36(39,40)29-3-1-5-31(23-29)48-19-15-46(16-20-48)25-33(27-7-11-44-12-8-27)35(50)34(28-9-13-45-14-10-28)26-47-17-21-49(22-18-47)32-6-2-4-30(24-32)37(41,42)43/h1-14,23-24,33-34H,15-22,25-26H2. The molecule has 0 saturated carbocycles. The van der Waals surface area contributed by atoms with Crippen molar-refractivity contribution in [2.45, 2.75) is 24.2 Å². The molecule has 0 radical (unpaired) electrons. The smallest absolute Gasteiger partial charge is 0.369 e. The van der Waals surface area contributed by atoms with Crippen LogP contribution in [-0.4, -0.2) is 91.0 Å². The summed E-state index contributed by atoms with van der Waals surface area (Å²) in [4.78, 5) is 31.3. The van der Waals surface area contributed by atoms with Gasteiger partial charge in [0.15, 0.2) is 0 Å². The lowest BCUT2D eigenvalue weighted by molar-refractivity contribution is -0.138. The fourth-order valence-electron chi connectivity index (χ4n) is 6.81. The van der Waals surface area contributed by atoms with Crippen molar-refractivity contribution in [2.75, 3.05) is 75.2 Å². The van der Waals surface area contributed by atoms with Crippen LogP contribution < -0.4 is 9.80 Å². The Morgan fingerprint density at radius 2 is 0.920 bits per heavy atom. The zero-order valence-electron chi connectivity index (χ0n) is 27.3. The van der Waals surface area contributed by atoms with Gasteiger partial charge in [0.05, 0.1) is 23.0 Å². The molecule has 2 aliphatic heterocycles. The van der Waals surface area contributed by atoms with Crippen LogP contribution in [0.4, 0.5) is 37.7 Å². The summed E-state index contributed by atoms with van der Waals surface area (Å²) < 4.78 is 80.1. The molecule has 0 spiro atoms. The van der Waals surface area contributed by atoms with Gasteiger partial charge in [-0.15, -0.1) is 0 Å². The van der Waals surface area contributed by atoms with E-state index in [2.05, 4.69) is 19.8 Å². The van der Waals surface area contributed by atoms with Crippen molar-refractivity contribution >= 4 is 17.2 Å². The van der Waals surface area contributed by atoms with E-state index in [1.54, 1.807) is 36.9 Å². The molecule has 2 fully saturated rings. The third kappa shape index (κ3) is 8.62. The maximum atomic E-state index is 14.7. The highest BCUT2D eigenvalue weighted by atomic mass is 19.4.